The lowest BCUT2D eigenvalue weighted by atomic mass is 10.0. The molecule has 0 bridgehead atoms. The van der Waals surface area contributed by atoms with Gasteiger partial charge in [-0.3, -0.25) is 9.58 Å². The van der Waals surface area contributed by atoms with E-state index in [0.29, 0.717) is 5.92 Å². The zero-order valence-corrected chi connectivity index (χ0v) is 15.8. The van der Waals surface area contributed by atoms with E-state index >= 15 is 0 Å². The highest BCUT2D eigenvalue weighted by atomic mass is 32.2. The van der Waals surface area contributed by atoms with Crippen molar-refractivity contribution in [2.24, 2.45) is 0 Å². The topological polar surface area (TPSA) is 80.4 Å². The number of aromatic nitrogens is 2. The van der Waals surface area contributed by atoms with Gasteiger partial charge >= 0.3 is 0 Å². The molecule has 8 heteroatoms. The highest BCUT2D eigenvalue weighted by Gasteiger charge is 2.20. The summed E-state index contributed by atoms with van der Waals surface area (Å²) in [5, 5.41) is 4.48. The molecule has 0 radical (unpaired) electrons. The van der Waals surface area contributed by atoms with E-state index < -0.39 is 10.0 Å². The smallest absolute Gasteiger partial charge is 0.209 e. The summed E-state index contributed by atoms with van der Waals surface area (Å²) in [6, 6.07) is 6.06. The average molecular weight is 366 g/mol. The standard InChI is InChI=1S/C17H26N4O3S/c1-13(17-5-4-14(2)24-17)6-7-20-8-9-21-16(12-20)10-15(19-21)11-18-25(3,22)23/h4-5,10,13,18H,6-9,11-12H2,1-3H3/t13-/m1/s1. The number of rotatable bonds is 7. The number of hydrogen-bond donors (Lipinski definition) is 1. The molecule has 138 valence electrons. The predicted molar refractivity (Wildman–Crippen MR) is 95.7 cm³/mol. The first-order valence-electron chi connectivity index (χ1n) is 8.59. The molecule has 1 aliphatic rings. The van der Waals surface area contributed by atoms with Crippen LogP contribution in [-0.2, 0) is 29.7 Å². The van der Waals surface area contributed by atoms with Gasteiger partial charge in [0.1, 0.15) is 11.5 Å². The Kier molecular flexibility index (Phi) is 5.31. The minimum Gasteiger partial charge on any atom is -0.466 e. The van der Waals surface area contributed by atoms with E-state index in [-0.39, 0.29) is 6.54 Å². The molecular formula is C17H26N4O3S. The molecule has 25 heavy (non-hydrogen) atoms. The third-order valence-electron chi connectivity index (χ3n) is 4.57. The molecule has 2 aromatic heterocycles. The van der Waals surface area contributed by atoms with Crippen LogP contribution < -0.4 is 4.72 Å². The summed E-state index contributed by atoms with van der Waals surface area (Å²) in [4.78, 5) is 2.41. The van der Waals surface area contributed by atoms with Crippen molar-refractivity contribution >= 4 is 10.0 Å². The number of nitrogens with zero attached hydrogens (tertiary/aromatic N) is 3. The van der Waals surface area contributed by atoms with Crippen molar-refractivity contribution in [2.45, 2.75) is 45.8 Å². The molecule has 1 N–H and O–H groups in total. The van der Waals surface area contributed by atoms with Crippen LogP contribution in [0.1, 0.15) is 42.2 Å². The highest BCUT2D eigenvalue weighted by Crippen LogP contribution is 2.23. The molecule has 0 aliphatic carbocycles. The van der Waals surface area contributed by atoms with Gasteiger partial charge in [-0.15, -0.1) is 0 Å². The van der Waals surface area contributed by atoms with Gasteiger partial charge in [0, 0.05) is 19.0 Å². The van der Waals surface area contributed by atoms with E-state index in [1.54, 1.807) is 0 Å². The van der Waals surface area contributed by atoms with Crippen LogP contribution in [-0.4, -0.2) is 42.4 Å². The van der Waals surface area contributed by atoms with Crippen molar-refractivity contribution in [3.63, 3.8) is 0 Å². The molecule has 0 fully saturated rings. The van der Waals surface area contributed by atoms with Crippen LogP contribution in [0, 0.1) is 6.92 Å². The molecule has 0 amide bonds. The van der Waals surface area contributed by atoms with Crippen LogP contribution in [0.5, 0.6) is 0 Å². The molecule has 1 atom stereocenters. The minimum atomic E-state index is -3.20. The minimum absolute atomic E-state index is 0.244. The van der Waals surface area contributed by atoms with Crippen LogP contribution in [0.4, 0.5) is 0 Å². The van der Waals surface area contributed by atoms with Crippen LogP contribution in [0.15, 0.2) is 22.6 Å². The Morgan fingerprint density at radius 2 is 2.16 bits per heavy atom. The molecule has 2 aromatic rings. The van der Waals surface area contributed by atoms with Gasteiger partial charge in [-0.05, 0) is 38.1 Å². The SMILES string of the molecule is Cc1ccc([C@H](C)CCN2CCn3nc(CNS(C)(=O)=O)cc3C2)o1. The van der Waals surface area contributed by atoms with Crippen LogP contribution in [0.2, 0.25) is 0 Å². The number of hydrogen-bond acceptors (Lipinski definition) is 5. The van der Waals surface area contributed by atoms with Gasteiger partial charge in [0.25, 0.3) is 0 Å². The van der Waals surface area contributed by atoms with E-state index in [1.165, 1.54) is 0 Å². The predicted octanol–water partition coefficient (Wildman–Crippen LogP) is 1.84. The van der Waals surface area contributed by atoms with Crippen LogP contribution in [0.25, 0.3) is 0 Å². The lowest BCUT2D eigenvalue weighted by Gasteiger charge is -2.28. The Morgan fingerprint density at radius 3 is 2.84 bits per heavy atom. The Bertz CT molecular complexity index is 825. The van der Waals surface area contributed by atoms with Crippen molar-refractivity contribution in [3.8, 4) is 0 Å². The number of furan rings is 1. The summed E-state index contributed by atoms with van der Waals surface area (Å²) in [5.41, 5.74) is 1.90. The Labute approximate surface area is 149 Å². The molecule has 7 nitrogen and oxygen atoms in total. The molecule has 3 rings (SSSR count). The summed E-state index contributed by atoms with van der Waals surface area (Å²) in [5.74, 6) is 2.41. The van der Waals surface area contributed by atoms with Crippen molar-refractivity contribution in [1.82, 2.24) is 19.4 Å². The third-order valence-corrected chi connectivity index (χ3v) is 5.24. The first-order valence-corrected chi connectivity index (χ1v) is 10.5. The van der Waals surface area contributed by atoms with Gasteiger partial charge in [0.2, 0.25) is 10.0 Å². The van der Waals surface area contributed by atoms with Crippen LogP contribution in [0.3, 0.4) is 0 Å². The fourth-order valence-electron chi connectivity index (χ4n) is 3.10. The van der Waals surface area contributed by atoms with Gasteiger partial charge < -0.3 is 4.42 Å². The molecule has 0 aromatic carbocycles. The molecule has 0 saturated heterocycles. The molecule has 1 aliphatic heterocycles. The van der Waals surface area contributed by atoms with Crippen molar-refractivity contribution < 1.29 is 12.8 Å². The summed E-state index contributed by atoms with van der Waals surface area (Å²) < 4.78 is 32.6. The maximum Gasteiger partial charge on any atom is 0.209 e. The monoisotopic (exact) mass is 366 g/mol. The summed E-state index contributed by atoms with van der Waals surface area (Å²) in [6.07, 6.45) is 2.20. The first-order chi connectivity index (χ1) is 11.8. The first kappa shape index (κ1) is 18.2. The fraction of sp³-hybridized carbons (Fsp3) is 0.588. The van der Waals surface area contributed by atoms with E-state index in [0.717, 1.165) is 61.8 Å². The number of fused-ring (bicyclic) bond motifs is 1. The Morgan fingerprint density at radius 1 is 1.36 bits per heavy atom. The molecule has 3 heterocycles. The lowest BCUT2D eigenvalue weighted by Crippen LogP contribution is -2.34. The molecule has 0 unspecified atom stereocenters. The summed E-state index contributed by atoms with van der Waals surface area (Å²) in [6.45, 7) is 8.05. The molecular weight excluding hydrogens is 340 g/mol. The number of nitrogens with one attached hydrogen (secondary N) is 1. The van der Waals surface area contributed by atoms with E-state index in [1.807, 2.05) is 23.7 Å². The second-order valence-corrected chi connectivity index (χ2v) is 8.69. The van der Waals surface area contributed by atoms with Crippen molar-refractivity contribution in [3.05, 3.63) is 41.1 Å². The largest absolute Gasteiger partial charge is 0.466 e. The van der Waals surface area contributed by atoms with E-state index in [9.17, 15) is 8.42 Å². The van der Waals surface area contributed by atoms with Gasteiger partial charge in [-0.25, -0.2) is 13.1 Å². The Balaban J connectivity index is 1.53. The number of sulfonamides is 1. The van der Waals surface area contributed by atoms with Gasteiger partial charge in [0.05, 0.1) is 30.7 Å². The van der Waals surface area contributed by atoms with Gasteiger partial charge in [-0.1, -0.05) is 6.92 Å². The van der Waals surface area contributed by atoms with Gasteiger partial charge in [-0.2, -0.15) is 5.10 Å². The summed E-state index contributed by atoms with van der Waals surface area (Å²) in [7, 11) is -3.20. The number of aryl methyl sites for hydroxylation is 1. The normalized spacial score (nSPS) is 16.8. The maximum absolute atomic E-state index is 11.2. The second kappa shape index (κ2) is 7.31. The Hall–Kier alpha value is -1.64. The fourth-order valence-corrected chi connectivity index (χ4v) is 3.51. The van der Waals surface area contributed by atoms with E-state index in [2.05, 4.69) is 27.7 Å². The quantitative estimate of drug-likeness (QED) is 0.809. The summed E-state index contributed by atoms with van der Waals surface area (Å²) >= 11 is 0. The zero-order valence-electron chi connectivity index (χ0n) is 15.0. The second-order valence-electron chi connectivity index (χ2n) is 6.86. The van der Waals surface area contributed by atoms with Crippen molar-refractivity contribution in [2.75, 3.05) is 19.3 Å². The highest BCUT2D eigenvalue weighted by molar-refractivity contribution is 7.88. The van der Waals surface area contributed by atoms with Gasteiger partial charge in [0.15, 0.2) is 0 Å². The van der Waals surface area contributed by atoms with E-state index in [4.69, 9.17) is 4.42 Å². The van der Waals surface area contributed by atoms with Crippen molar-refractivity contribution in [1.29, 1.82) is 0 Å². The third kappa shape index (κ3) is 4.93. The molecule has 0 spiro atoms. The average Bonchev–Trinajstić information content (AvgIpc) is 3.15. The zero-order chi connectivity index (χ0) is 18.0. The lowest BCUT2D eigenvalue weighted by molar-refractivity contribution is 0.204. The maximum atomic E-state index is 11.2. The molecule has 0 saturated carbocycles. The van der Waals surface area contributed by atoms with Crippen LogP contribution >= 0.6 is 0 Å².